The molecule has 7 atom stereocenters. The monoisotopic (exact) mass is 417 g/mol. The Balaban J connectivity index is 1.84. The van der Waals surface area contributed by atoms with Crippen molar-refractivity contribution >= 4 is 17.8 Å². The Bertz CT molecular complexity index is 641. The third-order valence-electron chi connectivity index (χ3n) is 4.90. The van der Waals surface area contributed by atoms with Crippen molar-refractivity contribution in [3.63, 3.8) is 0 Å². The van der Waals surface area contributed by atoms with Crippen molar-refractivity contribution in [3.8, 4) is 0 Å². The number of carboxylic acids is 1. The molecule has 11 nitrogen and oxygen atoms in total. The van der Waals surface area contributed by atoms with Gasteiger partial charge in [0.2, 0.25) is 11.8 Å². The fourth-order valence-corrected chi connectivity index (χ4v) is 3.36. The number of carbonyl (C=O) groups excluding carboxylic acids is 2. The fraction of sp³-hybridized carbons (Fsp3) is 0.833. The molecule has 2 aliphatic rings. The van der Waals surface area contributed by atoms with Crippen molar-refractivity contribution in [2.45, 2.75) is 89.6 Å². The number of aliphatic hydroxyl groups is 1. The number of nitrogens with one attached hydrogen (secondary N) is 2. The minimum Gasteiger partial charge on any atom is -0.480 e. The molecular weight excluding hydrogens is 386 g/mol. The average Bonchev–Trinajstić information content (AvgIpc) is 3.04. The minimum absolute atomic E-state index is 0.214. The lowest BCUT2D eigenvalue weighted by atomic mass is 10.0. The van der Waals surface area contributed by atoms with Gasteiger partial charge in [0.1, 0.15) is 30.4 Å². The predicted octanol–water partition coefficient (Wildman–Crippen LogP) is -1.33. The number of hydrogen-bond acceptors (Lipinski definition) is 8. The lowest BCUT2D eigenvalue weighted by molar-refractivity contribution is -0.217. The van der Waals surface area contributed by atoms with Gasteiger partial charge in [0.25, 0.3) is 0 Å². The molecule has 29 heavy (non-hydrogen) atoms. The average molecular weight is 417 g/mol. The van der Waals surface area contributed by atoms with Crippen LogP contribution in [0.5, 0.6) is 0 Å². The first-order chi connectivity index (χ1) is 13.3. The minimum atomic E-state index is -1.15. The summed E-state index contributed by atoms with van der Waals surface area (Å²) >= 11 is 0. The Kier molecular flexibility index (Phi) is 7.23. The van der Waals surface area contributed by atoms with Crippen LogP contribution in [0.3, 0.4) is 0 Å². The van der Waals surface area contributed by atoms with E-state index in [1.165, 1.54) is 6.92 Å². The first kappa shape index (κ1) is 23.5. The normalized spacial score (nSPS) is 31.0. The second kappa shape index (κ2) is 8.92. The number of hydrogen-bond donors (Lipinski definition) is 5. The highest BCUT2D eigenvalue weighted by Gasteiger charge is 2.55. The third-order valence-corrected chi connectivity index (χ3v) is 4.90. The summed E-state index contributed by atoms with van der Waals surface area (Å²) in [7, 11) is 0. The van der Waals surface area contributed by atoms with E-state index >= 15 is 0 Å². The molecule has 11 heteroatoms. The van der Waals surface area contributed by atoms with E-state index in [9.17, 15) is 19.5 Å². The number of rotatable bonds is 8. The van der Waals surface area contributed by atoms with Crippen LogP contribution >= 0.6 is 0 Å². The number of carboxylic acid groups (broad SMARTS) is 1. The van der Waals surface area contributed by atoms with Crippen LogP contribution in [0.2, 0.25) is 0 Å². The van der Waals surface area contributed by atoms with E-state index in [0.29, 0.717) is 0 Å². The molecule has 6 N–H and O–H groups in total. The van der Waals surface area contributed by atoms with Crippen LogP contribution in [0.15, 0.2) is 0 Å². The molecule has 166 valence electrons. The summed E-state index contributed by atoms with van der Waals surface area (Å²) in [5, 5.41) is 24.4. The highest BCUT2D eigenvalue weighted by molar-refractivity contribution is 5.90. The number of fused-ring (bicyclic) bond motifs is 1. The molecule has 2 aliphatic heterocycles. The zero-order valence-corrected chi connectivity index (χ0v) is 17.2. The number of carbonyl (C=O) groups is 3. The SMILES string of the molecule is CC(C)[C@H](NC(=O)[C@H](C)NC(=O)C[C@H](N)C1O[C@@H]2OC(C)(C)O[C@@H]2[C@H]1O)C(=O)O. The molecule has 0 bridgehead atoms. The number of amides is 2. The standard InChI is InChI=1S/C18H31N3O8/c1-7(2)11(16(25)26)21-15(24)8(3)20-10(22)6-9(19)13-12(23)14-17(27-13)29-18(4,5)28-14/h7-9,11-14,17,23H,6,19H2,1-5H3,(H,20,22)(H,21,24)(H,25,26)/t8-,9-,11-,12-,13?,14+,17+/m0/s1. The van der Waals surface area contributed by atoms with Gasteiger partial charge in [0.05, 0.1) is 0 Å². The van der Waals surface area contributed by atoms with Crippen molar-refractivity contribution in [2.24, 2.45) is 11.7 Å². The van der Waals surface area contributed by atoms with E-state index in [-0.39, 0.29) is 12.3 Å². The Labute approximate surface area is 169 Å². The third kappa shape index (κ3) is 5.64. The summed E-state index contributed by atoms with van der Waals surface area (Å²) in [5.41, 5.74) is 6.02. The first-order valence-corrected chi connectivity index (χ1v) is 9.59. The molecule has 2 fully saturated rings. The van der Waals surface area contributed by atoms with Crippen molar-refractivity contribution in [1.82, 2.24) is 10.6 Å². The van der Waals surface area contributed by atoms with Gasteiger partial charge in [0.15, 0.2) is 12.1 Å². The second-order valence-electron chi connectivity index (χ2n) is 8.29. The quantitative estimate of drug-likeness (QED) is 0.321. The Hall–Kier alpha value is -1.79. The molecule has 0 spiro atoms. The van der Waals surface area contributed by atoms with Crippen LogP contribution < -0.4 is 16.4 Å². The predicted molar refractivity (Wildman–Crippen MR) is 99.3 cm³/mol. The second-order valence-corrected chi connectivity index (χ2v) is 8.29. The summed E-state index contributed by atoms with van der Waals surface area (Å²) in [4.78, 5) is 35.6. The van der Waals surface area contributed by atoms with Gasteiger partial charge in [-0.15, -0.1) is 0 Å². The molecule has 0 aliphatic carbocycles. The van der Waals surface area contributed by atoms with Gasteiger partial charge in [-0.25, -0.2) is 4.79 Å². The van der Waals surface area contributed by atoms with E-state index in [2.05, 4.69) is 10.6 Å². The lowest BCUT2D eigenvalue weighted by Crippen LogP contribution is -2.53. The molecule has 0 radical (unpaired) electrons. The van der Waals surface area contributed by atoms with Crippen molar-refractivity contribution in [1.29, 1.82) is 0 Å². The van der Waals surface area contributed by atoms with Gasteiger partial charge >= 0.3 is 5.97 Å². The van der Waals surface area contributed by atoms with Gasteiger partial charge in [-0.2, -0.15) is 0 Å². The van der Waals surface area contributed by atoms with Crippen LogP contribution in [0, 0.1) is 5.92 Å². The molecule has 0 saturated carbocycles. The molecule has 2 heterocycles. The van der Waals surface area contributed by atoms with Crippen LogP contribution in [0.1, 0.15) is 41.0 Å². The number of ether oxygens (including phenoxy) is 3. The molecule has 0 aromatic carbocycles. The van der Waals surface area contributed by atoms with E-state index in [1.807, 2.05) is 0 Å². The maximum Gasteiger partial charge on any atom is 0.326 e. The van der Waals surface area contributed by atoms with Gasteiger partial charge in [0, 0.05) is 12.5 Å². The van der Waals surface area contributed by atoms with Gasteiger partial charge in [-0.1, -0.05) is 13.8 Å². The van der Waals surface area contributed by atoms with Crippen LogP contribution in [0.4, 0.5) is 0 Å². The molecule has 2 saturated heterocycles. The number of nitrogens with two attached hydrogens (primary N) is 1. The maximum atomic E-state index is 12.2. The summed E-state index contributed by atoms with van der Waals surface area (Å²) in [6.07, 6.45) is -3.61. The van der Waals surface area contributed by atoms with Gasteiger partial charge < -0.3 is 40.8 Å². The van der Waals surface area contributed by atoms with E-state index < -0.39 is 66.3 Å². The zero-order chi connectivity index (χ0) is 22.1. The summed E-state index contributed by atoms with van der Waals surface area (Å²) in [6.45, 7) is 8.16. The van der Waals surface area contributed by atoms with E-state index in [4.69, 9.17) is 25.1 Å². The topological polar surface area (TPSA) is 169 Å². The molecular formula is C18H31N3O8. The highest BCUT2D eigenvalue weighted by Crippen LogP contribution is 2.38. The maximum absolute atomic E-state index is 12.2. The molecule has 2 amide bonds. The Morgan fingerprint density at radius 1 is 1.14 bits per heavy atom. The first-order valence-electron chi connectivity index (χ1n) is 9.59. The van der Waals surface area contributed by atoms with E-state index in [0.717, 1.165) is 0 Å². The summed E-state index contributed by atoms with van der Waals surface area (Å²) in [6, 6.07) is -2.88. The number of aliphatic carboxylic acids is 1. The van der Waals surface area contributed by atoms with Gasteiger partial charge in [-0.3, -0.25) is 9.59 Å². The lowest BCUT2D eigenvalue weighted by Gasteiger charge is -2.26. The molecule has 0 aromatic heterocycles. The summed E-state index contributed by atoms with van der Waals surface area (Å²) < 4.78 is 16.7. The zero-order valence-electron chi connectivity index (χ0n) is 17.2. The Morgan fingerprint density at radius 2 is 1.76 bits per heavy atom. The molecule has 0 aromatic rings. The van der Waals surface area contributed by atoms with Gasteiger partial charge in [-0.05, 0) is 26.7 Å². The van der Waals surface area contributed by atoms with Crippen molar-refractivity contribution < 1.29 is 38.8 Å². The van der Waals surface area contributed by atoms with Crippen molar-refractivity contribution in [2.75, 3.05) is 0 Å². The van der Waals surface area contributed by atoms with E-state index in [1.54, 1.807) is 27.7 Å². The molecule has 1 unspecified atom stereocenters. The largest absolute Gasteiger partial charge is 0.480 e. The summed E-state index contributed by atoms with van der Waals surface area (Å²) in [5.74, 6) is -3.51. The van der Waals surface area contributed by atoms with Crippen LogP contribution in [0.25, 0.3) is 0 Å². The van der Waals surface area contributed by atoms with Crippen LogP contribution in [-0.4, -0.2) is 76.5 Å². The van der Waals surface area contributed by atoms with Crippen molar-refractivity contribution in [3.05, 3.63) is 0 Å². The molecule has 2 rings (SSSR count). The number of aliphatic hydroxyl groups excluding tert-OH is 1. The fourth-order valence-electron chi connectivity index (χ4n) is 3.36. The highest BCUT2D eigenvalue weighted by atomic mass is 16.8. The smallest absolute Gasteiger partial charge is 0.326 e. The van der Waals surface area contributed by atoms with Crippen LogP contribution in [-0.2, 0) is 28.6 Å². The Morgan fingerprint density at radius 3 is 2.28 bits per heavy atom.